The molecule has 21 heavy (non-hydrogen) atoms. The molecule has 0 unspecified atom stereocenters. The maximum absolute atomic E-state index is 12.1. The molecule has 0 heterocycles. The van der Waals surface area contributed by atoms with Crippen LogP contribution in [0.2, 0.25) is 0 Å². The van der Waals surface area contributed by atoms with Crippen molar-refractivity contribution in [3.05, 3.63) is 41.5 Å². The number of ether oxygens (including phenoxy) is 1. The van der Waals surface area contributed by atoms with Gasteiger partial charge in [-0.15, -0.1) is 0 Å². The molecule has 0 fully saturated rings. The van der Waals surface area contributed by atoms with Crippen molar-refractivity contribution < 1.29 is 9.53 Å². The average Bonchev–Trinajstić information content (AvgIpc) is 2.51. The lowest BCUT2D eigenvalue weighted by molar-refractivity contribution is 0.0499. The van der Waals surface area contributed by atoms with Crippen LogP contribution in [0, 0.1) is 0 Å². The van der Waals surface area contributed by atoms with E-state index in [2.05, 4.69) is 19.9 Å². The van der Waals surface area contributed by atoms with Crippen LogP contribution in [0.25, 0.3) is 6.08 Å². The summed E-state index contributed by atoms with van der Waals surface area (Å²) in [6.07, 6.45) is 12.3. The highest BCUT2D eigenvalue weighted by Crippen LogP contribution is 2.14. The summed E-state index contributed by atoms with van der Waals surface area (Å²) in [7, 11) is 0. The zero-order valence-corrected chi connectivity index (χ0v) is 13.4. The highest BCUT2D eigenvalue weighted by Gasteiger charge is 2.09. The Morgan fingerprint density at radius 1 is 1.05 bits per heavy atom. The summed E-state index contributed by atoms with van der Waals surface area (Å²) < 4.78 is 5.30. The van der Waals surface area contributed by atoms with Crippen molar-refractivity contribution >= 4 is 12.0 Å². The van der Waals surface area contributed by atoms with E-state index in [0.717, 1.165) is 24.8 Å². The van der Waals surface area contributed by atoms with Gasteiger partial charge in [-0.2, -0.15) is 0 Å². The minimum Gasteiger partial charge on any atom is -0.462 e. The number of esters is 1. The predicted octanol–water partition coefficient (Wildman–Crippen LogP) is 5.63. The minimum absolute atomic E-state index is 0.213. The van der Waals surface area contributed by atoms with Crippen molar-refractivity contribution in [2.75, 3.05) is 6.61 Å². The number of allylic oxidation sites excluding steroid dienone is 1. The first-order valence-corrected chi connectivity index (χ1v) is 8.22. The summed E-state index contributed by atoms with van der Waals surface area (Å²) in [5.41, 5.74) is 1.62. The first-order valence-electron chi connectivity index (χ1n) is 8.22. The van der Waals surface area contributed by atoms with Gasteiger partial charge in [-0.1, -0.05) is 69.9 Å². The third kappa shape index (κ3) is 7.12. The Balaban J connectivity index is 2.53. The quantitative estimate of drug-likeness (QED) is 0.412. The summed E-state index contributed by atoms with van der Waals surface area (Å²) in [4.78, 5) is 12.1. The number of hydrogen-bond acceptors (Lipinski definition) is 2. The number of hydrogen-bond donors (Lipinski definition) is 0. The second-order valence-corrected chi connectivity index (χ2v) is 5.33. The average molecular weight is 288 g/mol. The maximum atomic E-state index is 12.1. The van der Waals surface area contributed by atoms with Gasteiger partial charge in [0.15, 0.2) is 0 Å². The van der Waals surface area contributed by atoms with E-state index in [1.165, 1.54) is 25.7 Å². The molecule has 0 aliphatic carbocycles. The summed E-state index contributed by atoms with van der Waals surface area (Å²) in [6.45, 7) is 4.81. The number of rotatable bonds is 10. The maximum Gasteiger partial charge on any atom is 0.338 e. The SMILES string of the molecule is CCCCCC/C=C\c1ccccc1C(=O)OCCCC. The lowest BCUT2D eigenvalue weighted by Crippen LogP contribution is -2.07. The summed E-state index contributed by atoms with van der Waals surface area (Å²) in [6, 6.07) is 7.65. The van der Waals surface area contributed by atoms with Crippen LogP contribution in [0.4, 0.5) is 0 Å². The van der Waals surface area contributed by atoms with Crippen LogP contribution >= 0.6 is 0 Å². The van der Waals surface area contributed by atoms with E-state index in [9.17, 15) is 4.79 Å². The van der Waals surface area contributed by atoms with Crippen molar-refractivity contribution in [2.45, 2.75) is 58.8 Å². The number of carbonyl (C=O) groups is 1. The third-order valence-electron chi connectivity index (χ3n) is 3.43. The summed E-state index contributed by atoms with van der Waals surface area (Å²) >= 11 is 0. The van der Waals surface area contributed by atoms with E-state index in [4.69, 9.17) is 4.74 Å². The molecule has 0 aromatic heterocycles. The lowest BCUT2D eigenvalue weighted by atomic mass is 10.1. The van der Waals surface area contributed by atoms with Crippen LogP contribution in [-0.2, 0) is 4.74 Å². The molecule has 0 amide bonds. The van der Waals surface area contributed by atoms with E-state index in [0.29, 0.717) is 12.2 Å². The van der Waals surface area contributed by atoms with Crippen LogP contribution in [0.15, 0.2) is 30.3 Å². The monoisotopic (exact) mass is 288 g/mol. The van der Waals surface area contributed by atoms with Gasteiger partial charge in [0, 0.05) is 0 Å². The topological polar surface area (TPSA) is 26.3 Å². The Bertz CT molecular complexity index is 435. The molecular formula is C19H28O2. The van der Waals surface area contributed by atoms with Crippen molar-refractivity contribution in [3.63, 3.8) is 0 Å². The van der Waals surface area contributed by atoms with Gasteiger partial charge in [-0.25, -0.2) is 4.79 Å². The normalized spacial score (nSPS) is 11.0. The van der Waals surface area contributed by atoms with Crippen LogP contribution in [0.1, 0.15) is 74.7 Å². The van der Waals surface area contributed by atoms with Crippen LogP contribution < -0.4 is 0 Å². The molecule has 2 heteroatoms. The Kier molecular flexibility index (Phi) is 9.26. The summed E-state index contributed by atoms with van der Waals surface area (Å²) in [5, 5.41) is 0. The Labute approximate surface area is 129 Å². The van der Waals surface area contributed by atoms with Crippen molar-refractivity contribution in [1.82, 2.24) is 0 Å². The van der Waals surface area contributed by atoms with Crippen molar-refractivity contribution in [1.29, 1.82) is 0 Å². The number of carbonyl (C=O) groups excluding carboxylic acids is 1. The standard InChI is InChI=1S/C19H28O2/c1-3-5-7-8-9-10-13-17-14-11-12-15-18(17)19(20)21-16-6-4-2/h10-15H,3-9,16H2,1-2H3/b13-10-. The Morgan fingerprint density at radius 3 is 2.57 bits per heavy atom. The fourth-order valence-electron chi connectivity index (χ4n) is 2.11. The first-order chi connectivity index (χ1) is 10.3. The van der Waals surface area contributed by atoms with Gasteiger partial charge in [0.2, 0.25) is 0 Å². The zero-order valence-electron chi connectivity index (χ0n) is 13.4. The van der Waals surface area contributed by atoms with E-state index < -0.39 is 0 Å². The fourth-order valence-corrected chi connectivity index (χ4v) is 2.11. The van der Waals surface area contributed by atoms with Gasteiger partial charge in [-0.3, -0.25) is 0 Å². The molecular weight excluding hydrogens is 260 g/mol. The van der Waals surface area contributed by atoms with Gasteiger partial charge < -0.3 is 4.74 Å². The van der Waals surface area contributed by atoms with Gasteiger partial charge in [0.05, 0.1) is 12.2 Å². The highest BCUT2D eigenvalue weighted by molar-refractivity contribution is 5.93. The third-order valence-corrected chi connectivity index (χ3v) is 3.43. The van der Waals surface area contributed by atoms with E-state index >= 15 is 0 Å². The molecule has 0 aliphatic heterocycles. The second-order valence-electron chi connectivity index (χ2n) is 5.33. The molecule has 0 N–H and O–H groups in total. The first kappa shape index (κ1) is 17.5. The molecule has 0 bridgehead atoms. The molecule has 0 saturated heterocycles. The van der Waals surface area contributed by atoms with Crippen LogP contribution in [0.5, 0.6) is 0 Å². The molecule has 0 saturated carbocycles. The van der Waals surface area contributed by atoms with Gasteiger partial charge in [0.1, 0.15) is 0 Å². The summed E-state index contributed by atoms with van der Waals surface area (Å²) in [5.74, 6) is -0.213. The lowest BCUT2D eigenvalue weighted by Gasteiger charge is -2.06. The van der Waals surface area contributed by atoms with E-state index in [1.54, 1.807) is 0 Å². The fraction of sp³-hybridized carbons (Fsp3) is 0.526. The van der Waals surface area contributed by atoms with Crippen molar-refractivity contribution in [3.8, 4) is 0 Å². The molecule has 1 aromatic rings. The Hall–Kier alpha value is -1.57. The van der Waals surface area contributed by atoms with Crippen molar-refractivity contribution in [2.24, 2.45) is 0 Å². The number of benzene rings is 1. The molecule has 1 aromatic carbocycles. The number of unbranched alkanes of at least 4 members (excludes halogenated alkanes) is 5. The van der Waals surface area contributed by atoms with Gasteiger partial charge in [-0.05, 0) is 30.9 Å². The molecule has 1 rings (SSSR count). The van der Waals surface area contributed by atoms with E-state index in [-0.39, 0.29) is 5.97 Å². The molecule has 0 aliphatic rings. The zero-order chi connectivity index (χ0) is 15.3. The predicted molar refractivity (Wildman–Crippen MR) is 89.4 cm³/mol. The van der Waals surface area contributed by atoms with Crippen LogP contribution in [0.3, 0.4) is 0 Å². The molecule has 0 atom stereocenters. The van der Waals surface area contributed by atoms with Gasteiger partial charge in [0.25, 0.3) is 0 Å². The Morgan fingerprint density at radius 2 is 1.81 bits per heavy atom. The van der Waals surface area contributed by atoms with Gasteiger partial charge >= 0.3 is 5.97 Å². The smallest absolute Gasteiger partial charge is 0.338 e. The molecule has 116 valence electrons. The molecule has 0 spiro atoms. The molecule has 0 radical (unpaired) electrons. The van der Waals surface area contributed by atoms with E-state index in [1.807, 2.05) is 30.3 Å². The molecule has 2 nitrogen and oxygen atoms in total. The largest absolute Gasteiger partial charge is 0.462 e. The van der Waals surface area contributed by atoms with Crippen LogP contribution in [-0.4, -0.2) is 12.6 Å². The highest BCUT2D eigenvalue weighted by atomic mass is 16.5. The second kappa shape index (κ2) is 11.1. The minimum atomic E-state index is -0.213.